The average molecular weight is 305 g/mol. The van der Waals surface area contributed by atoms with Crippen molar-refractivity contribution in [3.63, 3.8) is 0 Å². The molecular formula is C13H14F3NO2S. The molecule has 0 saturated carbocycles. The lowest BCUT2D eigenvalue weighted by Crippen LogP contribution is -2.28. The van der Waals surface area contributed by atoms with E-state index < -0.39 is 11.6 Å². The normalized spacial score (nSPS) is 13.4. The first-order valence-electron chi connectivity index (χ1n) is 5.76. The summed E-state index contributed by atoms with van der Waals surface area (Å²) in [6.45, 7) is 1.69. The van der Waals surface area contributed by atoms with Gasteiger partial charge in [-0.05, 0) is 42.5 Å². The van der Waals surface area contributed by atoms with E-state index in [-0.39, 0.29) is 29.1 Å². The van der Waals surface area contributed by atoms with E-state index in [1.807, 2.05) is 0 Å². The van der Waals surface area contributed by atoms with Crippen LogP contribution in [0.2, 0.25) is 0 Å². The first-order chi connectivity index (χ1) is 9.26. The second-order valence-electron chi connectivity index (χ2n) is 4.04. The van der Waals surface area contributed by atoms with Crippen molar-refractivity contribution in [3.8, 4) is 0 Å². The molecule has 0 saturated heterocycles. The van der Waals surface area contributed by atoms with Gasteiger partial charge in [0.25, 0.3) is 0 Å². The number of nitrogens with one attached hydrogen (secondary N) is 1. The lowest BCUT2D eigenvalue weighted by molar-refractivity contribution is -0.116. The first kappa shape index (κ1) is 16.6. The number of amides is 1. The summed E-state index contributed by atoms with van der Waals surface area (Å²) in [6.07, 6.45) is 2.11. The predicted octanol–water partition coefficient (Wildman–Crippen LogP) is 2.81. The number of carbonyl (C=O) groups excluding carboxylic acids is 1. The van der Waals surface area contributed by atoms with Gasteiger partial charge in [-0.25, -0.2) is 0 Å². The maximum absolute atomic E-state index is 12.1. The quantitative estimate of drug-likeness (QED) is 0.649. The Morgan fingerprint density at radius 2 is 2.00 bits per heavy atom. The minimum Gasteiger partial charge on any atom is -0.392 e. The molecule has 1 amide bonds. The monoisotopic (exact) mass is 305 g/mol. The molecule has 0 fully saturated rings. The molecule has 1 aromatic rings. The average Bonchev–Trinajstić information content (AvgIpc) is 2.33. The van der Waals surface area contributed by atoms with Crippen LogP contribution in [-0.2, 0) is 4.79 Å². The molecule has 1 unspecified atom stereocenters. The minimum atomic E-state index is -4.31. The third-order valence-electron chi connectivity index (χ3n) is 2.11. The van der Waals surface area contributed by atoms with E-state index in [2.05, 4.69) is 5.32 Å². The third-order valence-corrected chi connectivity index (χ3v) is 2.85. The Balaban J connectivity index is 2.55. The molecular weight excluding hydrogens is 291 g/mol. The molecule has 0 spiro atoms. The molecule has 0 radical (unpaired) electrons. The van der Waals surface area contributed by atoms with Crippen molar-refractivity contribution in [1.29, 1.82) is 0 Å². The lowest BCUT2D eigenvalue weighted by atomic mass is 10.2. The summed E-state index contributed by atoms with van der Waals surface area (Å²) >= 11 is -0.186. The summed E-state index contributed by atoms with van der Waals surface area (Å²) in [6, 6.07) is 5.66. The summed E-state index contributed by atoms with van der Waals surface area (Å²) in [5.74, 6) is -0.375. The fraction of sp³-hybridized carbons (Fsp3) is 0.308. The number of hydrogen-bond donors (Lipinski definition) is 2. The Kier molecular flexibility index (Phi) is 6.09. The molecule has 2 N–H and O–H groups in total. The largest absolute Gasteiger partial charge is 0.446 e. The lowest BCUT2D eigenvalue weighted by Gasteiger charge is -2.05. The van der Waals surface area contributed by atoms with Gasteiger partial charge < -0.3 is 10.4 Å². The van der Waals surface area contributed by atoms with E-state index in [1.54, 1.807) is 6.92 Å². The molecule has 0 aliphatic heterocycles. The van der Waals surface area contributed by atoms with Crippen molar-refractivity contribution in [2.75, 3.05) is 6.54 Å². The molecule has 110 valence electrons. The Morgan fingerprint density at radius 3 is 2.50 bits per heavy atom. The van der Waals surface area contributed by atoms with Crippen LogP contribution in [0.1, 0.15) is 12.5 Å². The van der Waals surface area contributed by atoms with E-state index in [1.165, 1.54) is 36.4 Å². The highest BCUT2D eigenvalue weighted by Crippen LogP contribution is 2.36. The smallest absolute Gasteiger partial charge is 0.392 e. The van der Waals surface area contributed by atoms with Crippen LogP contribution in [-0.4, -0.2) is 29.2 Å². The Morgan fingerprint density at radius 1 is 1.40 bits per heavy atom. The minimum absolute atomic E-state index is 0.0909. The van der Waals surface area contributed by atoms with Gasteiger partial charge in [0.15, 0.2) is 0 Å². The molecule has 0 heterocycles. The van der Waals surface area contributed by atoms with E-state index in [0.29, 0.717) is 5.56 Å². The number of aliphatic hydroxyl groups excluding tert-OH is 1. The number of benzene rings is 1. The van der Waals surface area contributed by atoms with E-state index in [9.17, 15) is 18.0 Å². The molecule has 0 aliphatic rings. The van der Waals surface area contributed by atoms with E-state index >= 15 is 0 Å². The fourth-order valence-electron chi connectivity index (χ4n) is 1.26. The molecule has 0 aliphatic carbocycles. The highest BCUT2D eigenvalue weighted by atomic mass is 32.2. The second kappa shape index (κ2) is 7.35. The number of carbonyl (C=O) groups is 1. The molecule has 0 aromatic heterocycles. The third kappa shape index (κ3) is 7.20. The van der Waals surface area contributed by atoms with Crippen molar-refractivity contribution < 1.29 is 23.1 Å². The zero-order valence-electron chi connectivity index (χ0n) is 10.6. The summed E-state index contributed by atoms with van der Waals surface area (Å²) in [5.41, 5.74) is -3.69. The van der Waals surface area contributed by atoms with Crippen molar-refractivity contribution in [1.82, 2.24) is 5.32 Å². The van der Waals surface area contributed by atoms with Gasteiger partial charge >= 0.3 is 5.51 Å². The Hall–Kier alpha value is -1.47. The SMILES string of the molecule is CC(O)CNC(=O)/C=C/c1ccc(SC(F)(F)F)cc1. The van der Waals surface area contributed by atoms with Gasteiger partial charge in [-0.15, -0.1) is 0 Å². The highest BCUT2D eigenvalue weighted by Gasteiger charge is 2.28. The van der Waals surface area contributed by atoms with Gasteiger partial charge in [0, 0.05) is 17.5 Å². The number of rotatable bonds is 5. The molecule has 0 bridgehead atoms. The second-order valence-corrected chi connectivity index (χ2v) is 5.18. The number of hydrogen-bond acceptors (Lipinski definition) is 3. The van der Waals surface area contributed by atoms with Gasteiger partial charge in [-0.3, -0.25) is 4.79 Å². The maximum Gasteiger partial charge on any atom is 0.446 e. The van der Waals surface area contributed by atoms with Gasteiger partial charge in [0.05, 0.1) is 6.10 Å². The van der Waals surface area contributed by atoms with Crippen LogP contribution in [0.15, 0.2) is 35.2 Å². The zero-order valence-corrected chi connectivity index (χ0v) is 11.5. The van der Waals surface area contributed by atoms with Gasteiger partial charge in [0.2, 0.25) is 5.91 Å². The summed E-state index contributed by atoms with van der Waals surface area (Å²) in [5, 5.41) is 11.4. The summed E-state index contributed by atoms with van der Waals surface area (Å²) in [4.78, 5) is 11.4. The first-order valence-corrected chi connectivity index (χ1v) is 6.58. The molecule has 20 heavy (non-hydrogen) atoms. The van der Waals surface area contributed by atoms with Crippen LogP contribution in [0, 0.1) is 0 Å². The number of aliphatic hydroxyl groups is 1. The molecule has 1 rings (SSSR count). The zero-order chi connectivity index (χ0) is 15.2. The van der Waals surface area contributed by atoms with Crippen LogP contribution in [0.3, 0.4) is 0 Å². The van der Waals surface area contributed by atoms with Crippen LogP contribution in [0.5, 0.6) is 0 Å². The molecule has 7 heteroatoms. The molecule has 3 nitrogen and oxygen atoms in total. The Bertz CT molecular complexity index is 469. The topological polar surface area (TPSA) is 49.3 Å². The van der Waals surface area contributed by atoms with Crippen molar-refractivity contribution in [3.05, 3.63) is 35.9 Å². The predicted molar refractivity (Wildman–Crippen MR) is 72.1 cm³/mol. The van der Waals surface area contributed by atoms with E-state index in [0.717, 1.165) is 0 Å². The van der Waals surface area contributed by atoms with Crippen LogP contribution in [0.25, 0.3) is 6.08 Å². The highest BCUT2D eigenvalue weighted by molar-refractivity contribution is 8.00. The fourth-order valence-corrected chi connectivity index (χ4v) is 1.80. The van der Waals surface area contributed by atoms with Gasteiger partial charge in [0.1, 0.15) is 0 Å². The summed E-state index contributed by atoms with van der Waals surface area (Å²) in [7, 11) is 0. The van der Waals surface area contributed by atoms with Crippen molar-refractivity contribution in [2.24, 2.45) is 0 Å². The standard InChI is InChI=1S/C13H14F3NO2S/c1-9(18)8-17-12(19)7-4-10-2-5-11(6-3-10)20-13(14,15)16/h2-7,9,18H,8H2,1H3,(H,17,19)/b7-4+. The number of halogens is 3. The van der Waals surface area contributed by atoms with Gasteiger partial charge in [-0.1, -0.05) is 12.1 Å². The van der Waals surface area contributed by atoms with Crippen molar-refractivity contribution >= 4 is 23.7 Å². The Labute approximate surface area is 118 Å². The summed E-state index contributed by atoms with van der Waals surface area (Å²) < 4.78 is 36.4. The van der Waals surface area contributed by atoms with Crippen molar-refractivity contribution in [2.45, 2.75) is 23.4 Å². The van der Waals surface area contributed by atoms with Crippen LogP contribution < -0.4 is 5.32 Å². The number of thioether (sulfide) groups is 1. The van der Waals surface area contributed by atoms with Crippen LogP contribution >= 0.6 is 11.8 Å². The maximum atomic E-state index is 12.1. The van der Waals surface area contributed by atoms with Crippen LogP contribution in [0.4, 0.5) is 13.2 Å². The van der Waals surface area contributed by atoms with Gasteiger partial charge in [-0.2, -0.15) is 13.2 Å². The van der Waals surface area contributed by atoms with E-state index in [4.69, 9.17) is 5.11 Å². The molecule has 1 aromatic carbocycles. The molecule has 1 atom stereocenters. The number of alkyl halides is 3.